The summed E-state index contributed by atoms with van der Waals surface area (Å²) in [4.78, 5) is 13.8. The Morgan fingerprint density at radius 1 is 1.45 bits per heavy atom. The summed E-state index contributed by atoms with van der Waals surface area (Å²) < 4.78 is 4.69. The molecule has 0 saturated carbocycles. The fraction of sp³-hybridized carbons (Fsp3) is 0.533. The number of ether oxygens (including phenoxy) is 1. The van der Waals surface area contributed by atoms with E-state index in [0.29, 0.717) is 11.5 Å². The van der Waals surface area contributed by atoms with E-state index in [1.165, 1.54) is 19.1 Å². The molecule has 0 spiro atoms. The first-order chi connectivity index (χ1) is 9.10. The summed E-state index contributed by atoms with van der Waals surface area (Å²) in [5.41, 5.74) is 7.76. The Bertz CT molecular complexity index is 434. The average molecular weight is 299 g/mol. The zero-order valence-electron chi connectivity index (χ0n) is 12.0. The van der Waals surface area contributed by atoms with Crippen molar-refractivity contribution < 1.29 is 9.53 Å². The normalized spacial score (nSPS) is 20.2. The van der Waals surface area contributed by atoms with E-state index in [-0.39, 0.29) is 24.4 Å². The zero-order chi connectivity index (χ0) is 13.8. The fourth-order valence-electron chi connectivity index (χ4n) is 2.56. The molecule has 20 heavy (non-hydrogen) atoms. The van der Waals surface area contributed by atoms with E-state index in [1.807, 2.05) is 24.3 Å². The average Bonchev–Trinajstić information content (AvgIpc) is 2.87. The standard InChI is InChI=1S/C15H22N2O2.ClH/c1-11(16)14-7-8-17(10-14)9-12-3-5-13(6-4-12)15(18)19-2;/h3-6,11,14H,7-10,16H2,1-2H3;1H. The van der Waals surface area contributed by atoms with Crippen molar-refractivity contribution in [2.24, 2.45) is 11.7 Å². The number of benzene rings is 1. The number of nitrogens with zero attached hydrogens (tertiary/aromatic N) is 1. The summed E-state index contributed by atoms with van der Waals surface area (Å²) in [6.07, 6.45) is 1.18. The molecule has 0 radical (unpaired) electrons. The number of hydrogen-bond donors (Lipinski definition) is 1. The van der Waals surface area contributed by atoms with Crippen molar-refractivity contribution in [2.75, 3.05) is 20.2 Å². The highest BCUT2D eigenvalue weighted by molar-refractivity contribution is 5.89. The molecule has 4 nitrogen and oxygen atoms in total. The van der Waals surface area contributed by atoms with Gasteiger partial charge in [-0.3, -0.25) is 4.90 Å². The number of halogens is 1. The molecule has 1 aliphatic rings. The van der Waals surface area contributed by atoms with Gasteiger partial charge in [0.25, 0.3) is 0 Å². The lowest BCUT2D eigenvalue weighted by atomic mass is 10.0. The predicted octanol–water partition coefficient (Wildman–Crippen LogP) is 2.06. The van der Waals surface area contributed by atoms with Crippen molar-refractivity contribution in [1.29, 1.82) is 0 Å². The fourth-order valence-corrected chi connectivity index (χ4v) is 2.56. The number of carbonyl (C=O) groups excluding carboxylic acids is 1. The Morgan fingerprint density at radius 2 is 2.10 bits per heavy atom. The lowest BCUT2D eigenvalue weighted by molar-refractivity contribution is 0.0600. The van der Waals surface area contributed by atoms with Gasteiger partial charge in [0, 0.05) is 19.1 Å². The maximum Gasteiger partial charge on any atom is 0.337 e. The van der Waals surface area contributed by atoms with Crippen LogP contribution >= 0.6 is 12.4 Å². The van der Waals surface area contributed by atoms with Crippen LogP contribution in [-0.2, 0) is 11.3 Å². The van der Waals surface area contributed by atoms with Crippen LogP contribution in [0.5, 0.6) is 0 Å². The summed E-state index contributed by atoms with van der Waals surface area (Å²) in [6.45, 7) is 5.17. The number of esters is 1. The molecule has 0 aliphatic carbocycles. The summed E-state index contributed by atoms with van der Waals surface area (Å²) in [5, 5.41) is 0. The quantitative estimate of drug-likeness (QED) is 0.865. The first-order valence-electron chi connectivity index (χ1n) is 6.75. The van der Waals surface area contributed by atoms with Gasteiger partial charge in [-0.25, -0.2) is 4.79 Å². The molecule has 1 heterocycles. The minimum absolute atomic E-state index is 0. The van der Waals surface area contributed by atoms with E-state index in [9.17, 15) is 4.79 Å². The summed E-state index contributed by atoms with van der Waals surface area (Å²) >= 11 is 0. The first kappa shape index (κ1) is 17.0. The largest absolute Gasteiger partial charge is 0.465 e. The van der Waals surface area contributed by atoms with Crippen LogP contribution in [0.3, 0.4) is 0 Å². The monoisotopic (exact) mass is 298 g/mol. The summed E-state index contributed by atoms with van der Waals surface area (Å²) in [6, 6.07) is 7.89. The number of carbonyl (C=O) groups is 1. The van der Waals surface area contributed by atoms with Crippen LogP contribution in [0.15, 0.2) is 24.3 Å². The highest BCUT2D eigenvalue weighted by Gasteiger charge is 2.24. The van der Waals surface area contributed by atoms with Crippen LogP contribution in [0, 0.1) is 5.92 Å². The van der Waals surface area contributed by atoms with Crippen molar-refractivity contribution in [1.82, 2.24) is 4.90 Å². The van der Waals surface area contributed by atoms with Gasteiger partial charge in [-0.15, -0.1) is 12.4 Å². The third-order valence-corrected chi connectivity index (χ3v) is 3.83. The van der Waals surface area contributed by atoms with Crippen molar-refractivity contribution in [3.05, 3.63) is 35.4 Å². The first-order valence-corrected chi connectivity index (χ1v) is 6.75. The molecule has 1 aliphatic heterocycles. The van der Waals surface area contributed by atoms with Crippen molar-refractivity contribution >= 4 is 18.4 Å². The highest BCUT2D eigenvalue weighted by Crippen LogP contribution is 2.20. The van der Waals surface area contributed by atoms with Crippen LogP contribution < -0.4 is 5.73 Å². The third-order valence-electron chi connectivity index (χ3n) is 3.83. The Kier molecular flexibility index (Phi) is 6.46. The molecular weight excluding hydrogens is 276 g/mol. The summed E-state index contributed by atoms with van der Waals surface area (Å²) in [7, 11) is 1.40. The molecule has 1 aromatic rings. The van der Waals surface area contributed by atoms with E-state index in [0.717, 1.165) is 19.6 Å². The summed E-state index contributed by atoms with van der Waals surface area (Å²) in [5.74, 6) is 0.319. The molecule has 2 rings (SSSR count). The molecule has 2 unspecified atom stereocenters. The van der Waals surface area contributed by atoms with Crippen LogP contribution in [0.4, 0.5) is 0 Å². The van der Waals surface area contributed by atoms with Crippen LogP contribution in [-0.4, -0.2) is 37.1 Å². The van der Waals surface area contributed by atoms with Gasteiger partial charge < -0.3 is 10.5 Å². The minimum atomic E-state index is -0.287. The highest BCUT2D eigenvalue weighted by atomic mass is 35.5. The van der Waals surface area contributed by atoms with Crippen LogP contribution in [0.25, 0.3) is 0 Å². The molecule has 2 N–H and O–H groups in total. The Labute approximate surface area is 126 Å². The molecule has 0 aromatic heterocycles. The van der Waals surface area contributed by atoms with E-state index in [2.05, 4.69) is 16.6 Å². The molecule has 0 bridgehead atoms. The van der Waals surface area contributed by atoms with Crippen molar-refractivity contribution in [3.8, 4) is 0 Å². The number of hydrogen-bond acceptors (Lipinski definition) is 4. The maximum atomic E-state index is 11.3. The van der Waals surface area contributed by atoms with E-state index in [1.54, 1.807) is 0 Å². The number of methoxy groups -OCH3 is 1. The van der Waals surface area contributed by atoms with Gasteiger partial charge in [0.15, 0.2) is 0 Å². The molecule has 2 atom stereocenters. The van der Waals surface area contributed by atoms with Gasteiger partial charge in [-0.2, -0.15) is 0 Å². The van der Waals surface area contributed by atoms with E-state index >= 15 is 0 Å². The number of likely N-dealkylation sites (tertiary alicyclic amines) is 1. The van der Waals surface area contributed by atoms with Gasteiger partial charge in [0.1, 0.15) is 0 Å². The lowest BCUT2D eigenvalue weighted by Crippen LogP contribution is -2.29. The second kappa shape index (κ2) is 7.62. The molecule has 5 heteroatoms. The number of nitrogens with two attached hydrogens (primary N) is 1. The van der Waals surface area contributed by atoms with E-state index < -0.39 is 0 Å². The van der Waals surface area contributed by atoms with Gasteiger partial charge in [-0.1, -0.05) is 12.1 Å². The Hall–Kier alpha value is -1.10. The molecule has 0 amide bonds. The number of rotatable bonds is 4. The SMILES string of the molecule is COC(=O)c1ccc(CN2CCC(C(C)N)C2)cc1.Cl. The predicted molar refractivity (Wildman–Crippen MR) is 82.1 cm³/mol. The Balaban J connectivity index is 0.00000200. The second-order valence-electron chi connectivity index (χ2n) is 5.33. The van der Waals surface area contributed by atoms with Gasteiger partial charge in [-0.05, 0) is 43.5 Å². The van der Waals surface area contributed by atoms with Crippen LogP contribution in [0.1, 0.15) is 29.3 Å². The molecule has 112 valence electrons. The molecule has 1 aromatic carbocycles. The van der Waals surface area contributed by atoms with Gasteiger partial charge in [0.2, 0.25) is 0 Å². The van der Waals surface area contributed by atoms with Gasteiger partial charge >= 0.3 is 5.97 Å². The third kappa shape index (κ3) is 4.20. The van der Waals surface area contributed by atoms with E-state index in [4.69, 9.17) is 5.73 Å². The second-order valence-corrected chi connectivity index (χ2v) is 5.33. The van der Waals surface area contributed by atoms with Crippen molar-refractivity contribution in [3.63, 3.8) is 0 Å². The van der Waals surface area contributed by atoms with Gasteiger partial charge in [0.05, 0.1) is 12.7 Å². The molecule has 1 fully saturated rings. The van der Waals surface area contributed by atoms with Crippen molar-refractivity contribution in [2.45, 2.75) is 25.9 Å². The molecular formula is C15H23ClN2O2. The lowest BCUT2D eigenvalue weighted by Gasteiger charge is -2.17. The topological polar surface area (TPSA) is 55.6 Å². The smallest absolute Gasteiger partial charge is 0.337 e. The van der Waals surface area contributed by atoms with Crippen LogP contribution in [0.2, 0.25) is 0 Å². The minimum Gasteiger partial charge on any atom is -0.465 e. The zero-order valence-corrected chi connectivity index (χ0v) is 12.9. The molecule has 1 saturated heterocycles. The Morgan fingerprint density at radius 3 is 2.60 bits per heavy atom. The maximum absolute atomic E-state index is 11.3.